The Bertz CT molecular complexity index is 2280. The zero-order valence-electron chi connectivity index (χ0n) is 29.0. The van der Waals surface area contributed by atoms with Crippen molar-refractivity contribution < 1.29 is 22.9 Å². The van der Waals surface area contributed by atoms with Crippen molar-refractivity contribution in [2.45, 2.75) is 43.4 Å². The molecule has 12 heteroatoms. The highest BCUT2D eigenvalue weighted by Crippen LogP contribution is 2.44. The van der Waals surface area contributed by atoms with Gasteiger partial charge in [-0.25, -0.2) is 27.8 Å². The molecule has 0 saturated carbocycles. The molecule has 2 amide bonds. The number of nitrogens with one attached hydrogen (secondary N) is 2. The molecule has 1 unspecified atom stereocenters. The van der Waals surface area contributed by atoms with Crippen LogP contribution in [0.3, 0.4) is 0 Å². The van der Waals surface area contributed by atoms with Gasteiger partial charge in [0.15, 0.2) is 9.92 Å². The van der Waals surface area contributed by atoms with E-state index in [-0.39, 0.29) is 22.0 Å². The number of hydrogen-bond donors (Lipinski definition) is 2. The van der Waals surface area contributed by atoms with Crippen molar-refractivity contribution in [2.75, 3.05) is 12.4 Å². The normalized spacial score (nSPS) is 14.4. The lowest BCUT2D eigenvalue weighted by atomic mass is 9.78. The highest BCUT2D eigenvalue weighted by atomic mass is 32.2. The summed E-state index contributed by atoms with van der Waals surface area (Å²) in [7, 11) is -2.51. The third-order valence-electron chi connectivity index (χ3n) is 8.92. The van der Waals surface area contributed by atoms with E-state index in [4.69, 9.17) is 13.8 Å². The van der Waals surface area contributed by atoms with Gasteiger partial charge >= 0.3 is 6.03 Å². The fourth-order valence-corrected chi connectivity index (χ4v) is 8.31. The van der Waals surface area contributed by atoms with Crippen LogP contribution in [0.15, 0.2) is 137 Å². The Labute approximate surface area is 302 Å². The number of pyridine rings is 1. The van der Waals surface area contributed by atoms with Crippen LogP contribution in [0.4, 0.5) is 14.9 Å². The van der Waals surface area contributed by atoms with Crippen molar-refractivity contribution >= 4 is 21.6 Å². The molecule has 0 spiro atoms. The molecule has 2 aromatic heterocycles. The third-order valence-corrected chi connectivity index (χ3v) is 10.8. The van der Waals surface area contributed by atoms with Gasteiger partial charge in [0, 0.05) is 23.4 Å². The predicted molar refractivity (Wildman–Crippen MR) is 198 cm³/mol. The molecule has 52 heavy (non-hydrogen) atoms. The Morgan fingerprint density at radius 3 is 2.12 bits per heavy atom. The van der Waals surface area contributed by atoms with Gasteiger partial charge in [-0.3, -0.25) is 0 Å². The summed E-state index contributed by atoms with van der Waals surface area (Å²) in [6.07, 6.45) is 2.98. The maximum Gasteiger partial charge on any atom is 0.331 e. The molecular formula is C40H37FN6O4S. The summed E-state index contributed by atoms with van der Waals surface area (Å²) in [5.74, 6) is 0.0363. The monoisotopic (exact) mass is 716 g/mol. The topological polar surface area (TPSA) is 120 Å². The quantitative estimate of drug-likeness (QED) is 0.146. The molecule has 0 saturated heterocycles. The highest BCUT2D eigenvalue weighted by Gasteiger charge is 2.42. The minimum Gasteiger partial charge on any atom is -0.481 e. The van der Waals surface area contributed by atoms with E-state index in [0.29, 0.717) is 40.2 Å². The molecule has 0 fully saturated rings. The van der Waals surface area contributed by atoms with Gasteiger partial charge in [0.1, 0.15) is 21.9 Å². The summed E-state index contributed by atoms with van der Waals surface area (Å²) in [5.41, 5.74) is 1.55. The first-order valence-electron chi connectivity index (χ1n) is 16.6. The summed E-state index contributed by atoms with van der Waals surface area (Å²) >= 11 is 0. The van der Waals surface area contributed by atoms with Crippen LogP contribution in [0, 0.1) is 12.7 Å². The standard InChI is InChI=1S/C40H37FN6O4S/c1-27-33(41)21-20-32(28-22-23-42-35(24-28)50-4)36(27)44-38(48)45-52(49,34-25-43-47-26-39(2,3)51-37(34)47)46-40(29-14-8-5-9-15-29,30-16-10-6-11-17-30)31-18-12-7-13-19-31/h5-25H,26H2,1-4H3,(H2,44,45,46,48,49). The summed E-state index contributed by atoms with van der Waals surface area (Å²) in [6, 6.07) is 33.9. The number of hydrogen-bond acceptors (Lipinski definition) is 7. The number of carbonyl (C=O) groups excluding carboxylic acids is 1. The maximum absolute atomic E-state index is 16.0. The number of carbonyl (C=O) groups is 1. The third kappa shape index (κ3) is 6.37. The van der Waals surface area contributed by atoms with E-state index in [2.05, 4.69) is 20.1 Å². The maximum atomic E-state index is 16.0. The molecular weight excluding hydrogens is 680 g/mol. The Morgan fingerprint density at radius 1 is 0.942 bits per heavy atom. The zero-order valence-corrected chi connectivity index (χ0v) is 29.9. The molecule has 10 nitrogen and oxygen atoms in total. The second-order valence-corrected chi connectivity index (χ2v) is 14.9. The van der Waals surface area contributed by atoms with Crippen LogP contribution in [0.25, 0.3) is 11.1 Å². The Hall–Kier alpha value is -6.01. The molecule has 1 atom stereocenters. The van der Waals surface area contributed by atoms with Crippen LogP contribution < -0.4 is 19.5 Å². The van der Waals surface area contributed by atoms with Gasteiger partial charge in [-0.15, -0.1) is 0 Å². The average Bonchev–Trinajstić information content (AvgIpc) is 3.69. The van der Waals surface area contributed by atoms with E-state index >= 15 is 8.60 Å². The number of urea groups is 1. The molecule has 7 rings (SSSR count). The summed E-state index contributed by atoms with van der Waals surface area (Å²) in [6.45, 7) is 5.75. The lowest BCUT2D eigenvalue weighted by Gasteiger charge is -2.33. The van der Waals surface area contributed by atoms with Crippen LogP contribution in [-0.2, 0) is 22.0 Å². The second-order valence-electron chi connectivity index (χ2n) is 13.0. The van der Waals surface area contributed by atoms with Gasteiger partial charge in [0.2, 0.25) is 11.8 Å². The first-order chi connectivity index (χ1) is 25.0. The average molecular weight is 717 g/mol. The minimum atomic E-state index is -4.00. The van der Waals surface area contributed by atoms with Gasteiger partial charge in [0.05, 0.1) is 25.5 Å². The van der Waals surface area contributed by atoms with Crippen LogP contribution >= 0.6 is 0 Å². The lowest BCUT2D eigenvalue weighted by molar-refractivity contribution is 0.132. The number of rotatable bonds is 9. The number of amides is 2. The summed E-state index contributed by atoms with van der Waals surface area (Å²) in [4.78, 5) is 18.6. The molecule has 0 bridgehead atoms. The number of nitrogens with zero attached hydrogens (tertiary/aromatic N) is 4. The SMILES string of the molecule is COc1cc(-c2ccc(F)c(C)c2NC(=O)NS(=O)(=NC(c2ccccc2)(c2ccccc2)c2ccccc2)c2cnn3c2OC(C)(C)C3)ccn1. The van der Waals surface area contributed by atoms with Gasteiger partial charge in [-0.05, 0) is 61.2 Å². The van der Waals surface area contributed by atoms with Crippen molar-refractivity contribution in [1.82, 2.24) is 19.5 Å². The van der Waals surface area contributed by atoms with E-state index in [1.807, 2.05) is 105 Å². The van der Waals surface area contributed by atoms with E-state index in [1.54, 1.807) is 36.0 Å². The van der Waals surface area contributed by atoms with E-state index in [0.717, 1.165) is 0 Å². The fourth-order valence-electron chi connectivity index (χ4n) is 6.47. The summed E-state index contributed by atoms with van der Waals surface area (Å²) in [5, 5.41) is 7.31. The van der Waals surface area contributed by atoms with E-state index in [9.17, 15) is 4.79 Å². The number of methoxy groups -OCH3 is 1. The van der Waals surface area contributed by atoms with Crippen molar-refractivity contribution in [3.05, 3.63) is 156 Å². The minimum absolute atomic E-state index is 0.0930. The van der Waals surface area contributed by atoms with Gasteiger partial charge < -0.3 is 14.8 Å². The highest BCUT2D eigenvalue weighted by molar-refractivity contribution is 7.92. The number of benzene rings is 4. The molecule has 264 valence electrons. The van der Waals surface area contributed by atoms with Crippen molar-refractivity contribution in [1.29, 1.82) is 0 Å². The Balaban J connectivity index is 1.45. The van der Waals surface area contributed by atoms with Crippen molar-refractivity contribution in [3.8, 4) is 22.9 Å². The first-order valence-corrected chi connectivity index (χ1v) is 18.1. The second kappa shape index (κ2) is 13.6. The number of aromatic nitrogens is 3. The fraction of sp³-hybridized carbons (Fsp3) is 0.175. The number of halogens is 1. The Morgan fingerprint density at radius 2 is 1.54 bits per heavy atom. The smallest absolute Gasteiger partial charge is 0.331 e. The largest absolute Gasteiger partial charge is 0.481 e. The molecule has 0 aliphatic carbocycles. The van der Waals surface area contributed by atoms with E-state index < -0.39 is 32.9 Å². The van der Waals surface area contributed by atoms with Crippen LogP contribution in [0.1, 0.15) is 36.1 Å². The number of fused-ring (bicyclic) bond motifs is 1. The lowest BCUT2D eigenvalue weighted by Crippen LogP contribution is -2.38. The zero-order chi connectivity index (χ0) is 36.5. The van der Waals surface area contributed by atoms with Crippen LogP contribution in [-0.4, -0.2) is 37.7 Å². The number of anilines is 1. The Kier molecular flexibility index (Phi) is 9.01. The molecule has 1 aliphatic heterocycles. The van der Waals surface area contributed by atoms with Crippen LogP contribution in [0.5, 0.6) is 11.8 Å². The van der Waals surface area contributed by atoms with E-state index in [1.165, 1.54) is 19.4 Å². The molecule has 3 heterocycles. The molecule has 4 aromatic carbocycles. The predicted octanol–water partition coefficient (Wildman–Crippen LogP) is 8.13. The van der Waals surface area contributed by atoms with Gasteiger partial charge in [-0.1, -0.05) is 91.0 Å². The van der Waals surface area contributed by atoms with Gasteiger partial charge in [0.25, 0.3) is 0 Å². The molecule has 0 radical (unpaired) electrons. The van der Waals surface area contributed by atoms with Gasteiger partial charge in [-0.2, -0.15) is 9.46 Å². The number of ether oxygens (including phenoxy) is 2. The van der Waals surface area contributed by atoms with Crippen LogP contribution in [0.2, 0.25) is 0 Å². The molecule has 6 aromatic rings. The molecule has 1 aliphatic rings. The van der Waals surface area contributed by atoms with Crippen molar-refractivity contribution in [2.24, 2.45) is 4.36 Å². The molecule has 2 N–H and O–H groups in total. The van der Waals surface area contributed by atoms with Crippen molar-refractivity contribution in [3.63, 3.8) is 0 Å². The first kappa shape index (κ1) is 34.4. The summed E-state index contributed by atoms with van der Waals surface area (Å²) < 4.78 is 52.3.